The normalized spacial score (nSPS) is 10.2. The third kappa shape index (κ3) is 3.38. The topological polar surface area (TPSA) is 34.1 Å². The van der Waals surface area contributed by atoms with Gasteiger partial charge in [0.15, 0.2) is 0 Å². The van der Waals surface area contributed by atoms with Gasteiger partial charge in [-0.25, -0.2) is 0 Å². The minimum absolute atomic E-state index is 0.499. The van der Waals surface area contributed by atoms with Crippen LogP contribution in [0.3, 0.4) is 0 Å². The van der Waals surface area contributed by atoms with Gasteiger partial charge in [-0.05, 0) is 6.54 Å². The van der Waals surface area contributed by atoms with E-state index >= 15 is 0 Å². The lowest BCUT2D eigenvalue weighted by Gasteiger charge is -2.01. The lowest BCUT2D eigenvalue weighted by atomic mass is 10.6. The molecule has 1 aromatic heterocycles. The molecule has 1 aromatic rings. The van der Waals surface area contributed by atoms with Gasteiger partial charge in [0.1, 0.15) is 11.8 Å². The fourth-order valence-electron chi connectivity index (χ4n) is 0.693. The van der Waals surface area contributed by atoms with Gasteiger partial charge in [-0.1, -0.05) is 29.9 Å². The van der Waals surface area contributed by atoms with E-state index in [9.17, 15) is 0 Å². The first kappa shape index (κ1) is 9.77. The quantitative estimate of drug-likeness (QED) is 0.746. The Hall–Kier alpha value is -0.320. The van der Waals surface area contributed by atoms with Crippen molar-refractivity contribution < 1.29 is 4.74 Å². The number of ether oxygens (including phenoxy) is 1. The van der Waals surface area contributed by atoms with E-state index in [1.807, 2.05) is 0 Å². The number of hydrogen-bond donors (Lipinski definition) is 1. The molecule has 0 amide bonds. The molecular formula is C7H11ClN2OS. The molecule has 0 atom stereocenters. The Morgan fingerprint density at radius 2 is 2.58 bits per heavy atom. The van der Waals surface area contributed by atoms with E-state index in [1.165, 1.54) is 11.3 Å². The summed E-state index contributed by atoms with van der Waals surface area (Å²) in [7, 11) is 0. The zero-order chi connectivity index (χ0) is 8.81. The van der Waals surface area contributed by atoms with Crippen molar-refractivity contribution in [1.82, 2.24) is 10.3 Å². The first-order valence-corrected chi connectivity index (χ1v) is 5.03. The molecule has 0 radical (unpaired) electrons. The molecule has 0 saturated carbocycles. The van der Waals surface area contributed by atoms with Crippen molar-refractivity contribution in [1.29, 1.82) is 0 Å². The Morgan fingerprint density at radius 1 is 1.75 bits per heavy atom. The molecule has 1 N–H and O–H groups in total. The first-order chi connectivity index (χ1) is 5.83. The number of thiazole rings is 1. The van der Waals surface area contributed by atoms with E-state index in [1.54, 1.807) is 5.38 Å². The van der Waals surface area contributed by atoms with E-state index in [4.69, 9.17) is 16.3 Å². The van der Waals surface area contributed by atoms with Crippen molar-refractivity contribution in [3.8, 4) is 5.19 Å². The number of nitrogens with one attached hydrogen (secondary N) is 1. The minimum atomic E-state index is 0.499. The third-order valence-electron chi connectivity index (χ3n) is 1.21. The van der Waals surface area contributed by atoms with Crippen LogP contribution in [0.2, 0.25) is 5.15 Å². The minimum Gasteiger partial charge on any atom is -0.469 e. The van der Waals surface area contributed by atoms with Crippen LogP contribution in [0, 0.1) is 0 Å². The highest BCUT2D eigenvalue weighted by Gasteiger charge is 1.98. The summed E-state index contributed by atoms with van der Waals surface area (Å²) in [6, 6.07) is 0. The molecule has 0 aliphatic heterocycles. The molecule has 0 aliphatic carbocycles. The van der Waals surface area contributed by atoms with Gasteiger partial charge in [0.05, 0.1) is 0 Å². The van der Waals surface area contributed by atoms with E-state index in [-0.39, 0.29) is 0 Å². The van der Waals surface area contributed by atoms with Gasteiger partial charge in [-0.15, -0.1) is 0 Å². The average Bonchev–Trinajstić information content (AvgIpc) is 2.45. The Bertz CT molecular complexity index is 229. The molecule has 5 heteroatoms. The highest BCUT2D eigenvalue weighted by atomic mass is 35.5. The van der Waals surface area contributed by atoms with Crippen LogP contribution in [0.25, 0.3) is 0 Å². The van der Waals surface area contributed by atoms with Crippen molar-refractivity contribution >= 4 is 22.9 Å². The SMILES string of the molecule is CCNCCOc1nc(Cl)cs1. The average molecular weight is 207 g/mol. The molecule has 1 heterocycles. The summed E-state index contributed by atoms with van der Waals surface area (Å²) >= 11 is 7.02. The van der Waals surface area contributed by atoms with Gasteiger partial charge in [-0.2, -0.15) is 4.98 Å². The summed E-state index contributed by atoms with van der Waals surface area (Å²) in [5, 5.41) is 6.03. The van der Waals surface area contributed by atoms with E-state index in [0.29, 0.717) is 17.0 Å². The number of rotatable bonds is 5. The van der Waals surface area contributed by atoms with Gasteiger partial charge in [0.2, 0.25) is 0 Å². The molecule has 3 nitrogen and oxygen atoms in total. The number of nitrogens with zero attached hydrogens (tertiary/aromatic N) is 1. The van der Waals surface area contributed by atoms with Crippen molar-refractivity contribution in [3.05, 3.63) is 10.5 Å². The van der Waals surface area contributed by atoms with Crippen molar-refractivity contribution in [2.45, 2.75) is 6.92 Å². The number of hydrogen-bond acceptors (Lipinski definition) is 4. The molecule has 0 unspecified atom stereocenters. The van der Waals surface area contributed by atoms with Gasteiger partial charge in [0, 0.05) is 11.9 Å². The van der Waals surface area contributed by atoms with Gasteiger partial charge < -0.3 is 10.1 Å². The lowest BCUT2D eigenvalue weighted by Crippen LogP contribution is -2.20. The maximum Gasteiger partial charge on any atom is 0.274 e. The van der Waals surface area contributed by atoms with Crippen molar-refractivity contribution in [2.24, 2.45) is 0 Å². The summed E-state index contributed by atoms with van der Waals surface area (Å²) < 4.78 is 5.29. The van der Waals surface area contributed by atoms with Gasteiger partial charge in [-0.3, -0.25) is 0 Å². The Kier molecular flexibility index (Phi) is 4.35. The van der Waals surface area contributed by atoms with E-state index in [0.717, 1.165) is 13.1 Å². The van der Waals surface area contributed by atoms with Crippen LogP contribution >= 0.6 is 22.9 Å². The van der Waals surface area contributed by atoms with Crippen LogP contribution in [-0.2, 0) is 0 Å². The zero-order valence-corrected chi connectivity index (χ0v) is 8.41. The molecule has 0 saturated heterocycles. The van der Waals surface area contributed by atoms with Gasteiger partial charge in [0.25, 0.3) is 5.19 Å². The maximum absolute atomic E-state index is 5.60. The zero-order valence-electron chi connectivity index (χ0n) is 6.84. The van der Waals surface area contributed by atoms with Gasteiger partial charge >= 0.3 is 0 Å². The third-order valence-corrected chi connectivity index (χ3v) is 2.28. The van der Waals surface area contributed by atoms with Crippen LogP contribution in [-0.4, -0.2) is 24.7 Å². The molecule has 0 fully saturated rings. The number of likely N-dealkylation sites (N-methyl/N-ethyl adjacent to an activating group) is 1. The molecule has 12 heavy (non-hydrogen) atoms. The second kappa shape index (κ2) is 5.35. The largest absolute Gasteiger partial charge is 0.469 e. The second-order valence-corrected chi connectivity index (χ2v) is 3.35. The first-order valence-electron chi connectivity index (χ1n) is 3.77. The fraction of sp³-hybridized carbons (Fsp3) is 0.571. The Labute approximate surface area is 80.7 Å². The highest BCUT2D eigenvalue weighted by Crippen LogP contribution is 2.20. The Balaban J connectivity index is 2.15. The second-order valence-electron chi connectivity index (χ2n) is 2.14. The number of halogens is 1. The Morgan fingerprint density at radius 3 is 3.17 bits per heavy atom. The van der Waals surface area contributed by atoms with E-state index < -0.39 is 0 Å². The van der Waals surface area contributed by atoms with Crippen LogP contribution in [0.15, 0.2) is 5.38 Å². The van der Waals surface area contributed by atoms with Crippen molar-refractivity contribution in [3.63, 3.8) is 0 Å². The van der Waals surface area contributed by atoms with Crippen LogP contribution in [0.5, 0.6) is 5.19 Å². The molecule has 1 rings (SSSR count). The van der Waals surface area contributed by atoms with Crippen LogP contribution in [0.1, 0.15) is 6.92 Å². The van der Waals surface area contributed by atoms with Crippen molar-refractivity contribution in [2.75, 3.05) is 19.7 Å². The monoisotopic (exact) mass is 206 g/mol. The maximum atomic E-state index is 5.60. The van der Waals surface area contributed by atoms with Crippen LogP contribution < -0.4 is 10.1 Å². The highest BCUT2D eigenvalue weighted by molar-refractivity contribution is 7.11. The summed E-state index contributed by atoms with van der Waals surface area (Å²) in [4.78, 5) is 3.94. The predicted octanol–water partition coefficient (Wildman–Crippen LogP) is 1.78. The standard InChI is InChI=1S/C7H11ClN2OS/c1-2-9-3-4-11-7-10-6(8)5-12-7/h5,9H,2-4H2,1H3. The smallest absolute Gasteiger partial charge is 0.274 e. The summed E-state index contributed by atoms with van der Waals surface area (Å²) in [5.74, 6) is 0. The number of aromatic nitrogens is 1. The van der Waals surface area contributed by atoms with E-state index in [2.05, 4.69) is 17.2 Å². The summed E-state index contributed by atoms with van der Waals surface area (Å²) in [6.07, 6.45) is 0. The predicted molar refractivity (Wildman–Crippen MR) is 51.2 cm³/mol. The fourth-order valence-corrected chi connectivity index (χ4v) is 1.51. The lowest BCUT2D eigenvalue weighted by molar-refractivity contribution is 0.314. The molecule has 0 aliphatic rings. The van der Waals surface area contributed by atoms with Crippen LogP contribution in [0.4, 0.5) is 0 Å². The molecule has 68 valence electrons. The summed E-state index contributed by atoms with van der Waals surface area (Å²) in [5.41, 5.74) is 0. The molecule has 0 spiro atoms. The molecular weight excluding hydrogens is 196 g/mol. The molecule has 0 bridgehead atoms. The molecule has 0 aromatic carbocycles. The summed E-state index contributed by atoms with van der Waals surface area (Å²) in [6.45, 7) is 4.49.